The SMILES string of the molecule is Cc1nn(Cc2ccc(F)cc2)c(Cl)c1C(=O)NCCN1CCCS1(=O)=O. The number of nitrogens with zero attached hydrogens (tertiary/aromatic N) is 3. The maximum Gasteiger partial charge on any atom is 0.256 e. The number of benzene rings is 1. The number of halogens is 2. The van der Waals surface area contributed by atoms with Crippen LogP contribution in [0.5, 0.6) is 0 Å². The van der Waals surface area contributed by atoms with E-state index in [-0.39, 0.29) is 35.4 Å². The lowest BCUT2D eigenvalue weighted by Crippen LogP contribution is -2.36. The first-order valence-corrected chi connectivity index (χ1v) is 10.5. The second kappa shape index (κ2) is 7.95. The van der Waals surface area contributed by atoms with Gasteiger partial charge in [0.1, 0.15) is 11.0 Å². The van der Waals surface area contributed by atoms with Gasteiger partial charge in [0.25, 0.3) is 5.91 Å². The molecule has 0 radical (unpaired) electrons. The van der Waals surface area contributed by atoms with Crippen molar-refractivity contribution < 1.29 is 17.6 Å². The molecule has 1 N–H and O–H groups in total. The molecule has 1 aromatic heterocycles. The normalized spacial score (nSPS) is 16.6. The number of rotatable bonds is 6. The molecule has 2 aromatic rings. The summed E-state index contributed by atoms with van der Waals surface area (Å²) in [7, 11) is -3.19. The Hall–Kier alpha value is -1.97. The number of aromatic nitrogens is 2. The molecule has 1 aliphatic rings. The summed E-state index contributed by atoms with van der Waals surface area (Å²) in [5.74, 6) is -0.580. The van der Waals surface area contributed by atoms with Crippen LogP contribution >= 0.6 is 11.6 Å². The fraction of sp³-hybridized carbons (Fsp3) is 0.412. The first-order chi connectivity index (χ1) is 12.8. The molecule has 0 atom stereocenters. The molecule has 3 rings (SSSR count). The topological polar surface area (TPSA) is 84.3 Å². The molecular formula is C17H20ClFN4O3S. The molecular weight excluding hydrogens is 395 g/mol. The number of hydrogen-bond acceptors (Lipinski definition) is 4. The maximum atomic E-state index is 13.0. The van der Waals surface area contributed by atoms with Crippen molar-refractivity contribution in [3.05, 3.63) is 52.1 Å². The van der Waals surface area contributed by atoms with Gasteiger partial charge in [0.2, 0.25) is 10.0 Å². The predicted molar refractivity (Wildman–Crippen MR) is 99.8 cm³/mol. The fourth-order valence-corrected chi connectivity index (χ4v) is 4.85. The highest BCUT2D eigenvalue weighted by Gasteiger charge is 2.28. The highest BCUT2D eigenvalue weighted by molar-refractivity contribution is 7.89. The monoisotopic (exact) mass is 414 g/mol. The minimum absolute atomic E-state index is 0.155. The average Bonchev–Trinajstić information content (AvgIpc) is 3.08. The van der Waals surface area contributed by atoms with E-state index in [0.717, 1.165) is 5.56 Å². The van der Waals surface area contributed by atoms with E-state index in [4.69, 9.17) is 11.6 Å². The molecule has 2 heterocycles. The van der Waals surface area contributed by atoms with Gasteiger partial charge in [-0.1, -0.05) is 23.7 Å². The van der Waals surface area contributed by atoms with E-state index in [1.807, 2.05) is 0 Å². The zero-order chi connectivity index (χ0) is 19.6. The van der Waals surface area contributed by atoms with Gasteiger partial charge in [-0.15, -0.1) is 0 Å². The summed E-state index contributed by atoms with van der Waals surface area (Å²) < 4.78 is 39.4. The number of nitrogens with one attached hydrogen (secondary N) is 1. The van der Waals surface area contributed by atoms with Crippen LogP contribution in [0, 0.1) is 12.7 Å². The smallest absolute Gasteiger partial charge is 0.256 e. The van der Waals surface area contributed by atoms with Crippen molar-refractivity contribution in [3.8, 4) is 0 Å². The Kier molecular flexibility index (Phi) is 5.83. The van der Waals surface area contributed by atoms with Crippen molar-refractivity contribution in [3.63, 3.8) is 0 Å². The molecule has 146 valence electrons. The van der Waals surface area contributed by atoms with Gasteiger partial charge in [0.15, 0.2) is 0 Å². The number of hydrogen-bond donors (Lipinski definition) is 1. The maximum absolute atomic E-state index is 13.0. The van der Waals surface area contributed by atoms with Crippen molar-refractivity contribution in [2.75, 3.05) is 25.4 Å². The molecule has 0 bridgehead atoms. The van der Waals surface area contributed by atoms with Gasteiger partial charge in [0, 0.05) is 19.6 Å². The van der Waals surface area contributed by atoms with E-state index >= 15 is 0 Å². The van der Waals surface area contributed by atoms with Crippen LogP contribution < -0.4 is 5.32 Å². The van der Waals surface area contributed by atoms with E-state index in [0.29, 0.717) is 25.2 Å². The lowest BCUT2D eigenvalue weighted by atomic mass is 10.2. The highest BCUT2D eigenvalue weighted by atomic mass is 35.5. The van der Waals surface area contributed by atoms with Crippen LogP contribution in [0.15, 0.2) is 24.3 Å². The minimum atomic E-state index is -3.19. The standard InChI is InChI=1S/C17H20ClFN4O3S/c1-12-15(17(24)20-7-9-22-8-2-10-27(22,25)26)16(18)23(21-12)11-13-3-5-14(19)6-4-13/h3-6H,2,7-11H2,1H3,(H,20,24). The second-order valence-corrected chi connectivity index (χ2v) is 8.81. The Balaban J connectivity index is 1.64. The summed E-state index contributed by atoms with van der Waals surface area (Å²) in [4.78, 5) is 12.5. The van der Waals surface area contributed by atoms with Gasteiger partial charge in [-0.05, 0) is 31.0 Å². The third-order valence-electron chi connectivity index (χ3n) is 4.39. The molecule has 1 aliphatic heterocycles. The molecule has 1 saturated heterocycles. The minimum Gasteiger partial charge on any atom is -0.351 e. The lowest BCUT2D eigenvalue weighted by Gasteiger charge is -2.14. The average molecular weight is 415 g/mol. The number of aryl methyl sites for hydroxylation is 1. The van der Waals surface area contributed by atoms with Gasteiger partial charge in [0.05, 0.1) is 23.6 Å². The molecule has 7 nitrogen and oxygen atoms in total. The summed E-state index contributed by atoms with van der Waals surface area (Å²) >= 11 is 6.32. The Bertz CT molecular complexity index is 944. The fourth-order valence-electron chi connectivity index (χ4n) is 3.00. The van der Waals surface area contributed by atoms with E-state index in [2.05, 4.69) is 10.4 Å². The number of carbonyl (C=O) groups is 1. The van der Waals surface area contributed by atoms with Crippen LogP contribution in [0.2, 0.25) is 5.15 Å². The molecule has 1 aromatic carbocycles. The third-order valence-corrected chi connectivity index (χ3v) is 6.73. The molecule has 1 fully saturated rings. The number of carbonyl (C=O) groups excluding carboxylic acids is 1. The summed E-state index contributed by atoms with van der Waals surface area (Å²) in [6.45, 7) is 2.88. The van der Waals surface area contributed by atoms with Crippen molar-refractivity contribution >= 4 is 27.5 Å². The summed E-state index contributed by atoms with van der Waals surface area (Å²) in [5, 5.41) is 7.16. The number of sulfonamides is 1. The molecule has 1 amide bonds. The molecule has 0 aliphatic carbocycles. The second-order valence-electron chi connectivity index (χ2n) is 6.36. The van der Waals surface area contributed by atoms with E-state index in [1.54, 1.807) is 19.1 Å². The summed E-state index contributed by atoms with van der Waals surface area (Å²) in [6.07, 6.45) is 0.609. The van der Waals surface area contributed by atoms with Crippen LogP contribution in [0.25, 0.3) is 0 Å². The zero-order valence-electron chi connectivity index (χ0n) is 14.8. The molecule has 0 unspecified atom stereocenters. The van der Waals surface area contributed by atoms with Gasteiger partial charge in [-0.25, -0.2) is 21.8 Å². The van der Waals surface area contributed by atoms with E-state index in [9.17, 15) is 17.6 Å². The third kappa shape index (κ3) is 4.48. The molecule has 27 heavy (non-hydrogen) atoms. The largest absolute Gasteiger partial charge is 0.351 e. The zero-order valence-corrected chi connectivity index (χ0v) is 16.4. The van der Waals surface area contributed by atoms with Crippen molar-refractivity contribution in [2.24, 2.45) is 0 Å². The molecule has 0 spiro atoms. The Morgan fingerprint density at radius 2 is 2.04 bits per heavy atom. The molecule has 0 saturated carbocycles. The Labute approximate surface area is 162 Å². The predicted octanol–water partition coefficient (Wildman–Crippen LogP) is 1.80. The first-order valence-electron chi connectivity index (χ1n) is 8.51. The summed E-state index contributed by atoms with van der Waals surface area (Å²) in [5.41, 5.74) is 1.52. The summed E-state index contributed by atoms with van der Waals surface area (Å²) in [6, 6.07) is 5.94. The Morgan fingerprint density at radius 3 is 2.67 bits per heavy atom. The van der Waals surface area contributed by atoms with Crippen LogP contribution in [0.1, 0.15) is 28.0 Å². The molecule has 10 heteroatoms. The van der Waals surface area contributed by atoms with Crippen molar-refractivity contribution in [1.29, 1.82) is 0 Å². The van der Waals surface area contributed by atoms with E-state index < -0.39 is 15.9 Å². The van der Waals surface area contributed by atoms with Gasteiger partial charge < -0.3 is 5.32 Å². The van der Waals surface area contributed by atoms with Crippen LogP contribution in [0.3, 0.4) is 0 Å². The van der Waals surface area contributed by atoms with Crippen LogP contribution in [-0.2, 0) is 16.6 Å². The van der Waals surface area contributed by atoms with Crippen molar-refractivity contribution in [2.45, 2.75) is 19.9 Å². The van der Waals surface area contributed by atoms with Gasteiger partial charge in [-0.2, -0.15) is 5.10 Å². The van der Waals surface area contributed by atoms with Crippen LogP contribution in [0.4, 0.5) is 4.39 Å². The van der Waals surface area contributed by atoms with Gasteiger partial charge in [-0.3, -0.25) is 4.79 Å². The quantitative estimate of drug-likeness (QED) is 0.781. The van der Waals surface area contributed by atoms with E-state index in [1.165, 1.54) is 21.1 Å². The Morgan fingerprint density at radius 1 is 1.33 bits per heavy atom. The first kappa shape index (κ1) is 19.8. The van der Waals surface area contributed by atoms with Crippen molar-refractivity contribution in [1.82, 2.24) is 19.4 Å². The lowest BCUT2D eigenvalue weighted by molar-refractivity contribution is 0.0951. The highest BCUT2D eigenvalue weighted by Crippen LogP contribution is 2.21. The van der Waals surface area contributed by atoms with Crippen LogP contribution in [-0.4, -0.2) is 53.8 Å². The van der Waals surface area contributed by atoms with Gasteiger partial charge >= 0.3 is 0 Å². The number of amides is 1.